The Morgan fingerprint density at radius 1 is 1.27 bits per heavy atom. The summed E-state index contributed by atoms with van der Waals surface area (Å²) in [4.78, 5) is 0. The van der Waals surface area contributed by atoms with Crippen LogP contribution in [0.2, 0.25) is 0 Å². The zero-order valence-electron chi connectivity index (χ0n) is 8.20. The van der Waals surface area contributed by atoms with Crippen molar-refractivity contribution in [2.24, 2.45) is 0 Å². The van der Waals surface area contributed by atoms with Crippen molar-refractivity contribution < 1.29 is 4.42 Å². The minimum absolute atomic E-state index is 0.225. The van der Waals surface area contributed by atoms with Gasteiger partial charge in [-0.1, -0.05) is 22.8 Å². The minimum atomic E-state index is 0.225. The van der Waals surface area contributed by atoms with E-state index in [-0.39, 0.29) is 5.88 Å². The molecule has 78 valence electrons. The fourth-order valence-electron chi connectivity index (χ4n) is 1.12. The van der Waals surface area contributed by atoms with Crippen LogP contribution in [0.1, 0.15) is 11.5 Å². The second-order valence-corrected chi connectivity index (χ2v) is 3.39. The van der Waals surface area contributed by atoms with Crippen LogP contribution in [0.4, 0.5) is 11.7 Å². The molecule has 0 amide bonds. The van der Waals surface area contributed by atoms with E-state index in [1.165, 1.54) is 5.56 Å². The van der Waals surface area contributed by atoms with Crippen LogP contribution in [-0.2, 0) is 5.88 Å². The number of nitrogens with one attached hydrogen (secondary N) is 1. The summed E-state index contributed by atoms with van der Waals surface area (Å²) >= 11 is 5.54. The molecule has 0 aliphatic carbocycles. The molecule has 15 heavy (non-hydrogen) atoms. The van der Waals surface area contributed by atoms with Crippen molar-refractivity contribution >= 4 is 23.3 Å². The van der Waals surface area contributed by atoms with Gasteiger partial charge in [-0.05, 0) is 19.1 Å². The lowest BCUT2D eigenvalue weighted by Gasteiger charge is -2.00. The van der Waals surface area contributed by atoms with Gasteiger partial charge >= 0.3 is 6.01 Å². The SMILES string of the molecule is Cc1ccc(Nc2nnc(CCl)o2)cc1. The lowest BCUT2D eigenvalue weighted by Crippen LogP contribution is -1.89. The number of halogens is 1. The second-order valence-electron chi connectivity index (χ2n) is 3.13. The number of rotatable bonds is 3. The molecule has 0 aliphatic heterocycles. The molecule has 0 unspecified atom stereocenters. The Hall–Kier alpha value is -1.55. The summed E-state index contributed by atoms with van der Waals surface area (Å²) in [5.74, 6) is 0.633. The van der Waals surface area contributed by atoms with Crippen molar-refractivity contribution in [3.8, 4) is 0 Å². The molecule has 0 saturated heterocycles. The zero-order valence-corrected chi connectivity index (χ0v) is 8.95. The average Bonchev–Trinajstić information content (AvgIpc) is 2.69. The summed E-state index contributed by atoms with van der Waals surface area (Å²) in [6, 6.07) is 8.25. The van der Waals surface area contributed by atoms with Gasteiger partial charge in [0.15, 0.2) is 0 Å². The predicted molar refractivity (Wildman–Crippen MR) is 58.3 cm³/mol. The third-order valence-corrected chi connectivity index (χ3v) is 2.11. The van der Waals surface area contributed by atoms with Gasteiger partial charge in [-0.3, -0.25) is 0 Å². The molecule has 5 heteroatoms. The second kappa shape index (κ2) is 4.31. The van der Waals surface area contributed by atoms with Gasteiger partial charge in [0.1, 0.15) is 5.88 Å². The molecule has 2 rings (SSSR count). The topological polar surface area (TPSA) is 51.0 Å². The van der Waals surface area contributed by atoms with Gasteiger partial charge in [-0.25, -0.2) is 0 Å². The van der Waals surface area contributed by atoms with Crippen molar-refractivity contribution in [1.82, 2.24) is 10.2 Å². The number of aryl methyl sites for hydroxylation is 1. The molecule has 0 bridgehead atoms. The standard InChI is InChI=1S/C10H10ClN3O/c1-7-2-4-8(5-3-7)12-10-14-13-9(6-11)15-10/h2-5H,6H2,1H3,(H,12,14). The summed E-state index contributed by atoms with van der Waals surface area (Å²) in [5, 5.41) is 10.5. The molecule has 1 aromatic carbocycles. The van der Waals surface area contributed by atoms with Crippen LogP contribution >= 0.6 is 11.6 Å². The number of anilines is 2. The average molecular weight is 224 g/mol. The maximum Gasteiger partial charge on any atom is 0.320 e. The van der Waals surface area contributed by atoms with E-state index in [1.54, 1.807) is 0 Å². The van der Waals surface area contributed by atoms with Gasteiger partial charge in [0.05, 0.1) is 0 Å². The summed E-state index contributed by atoms with van der Waals surface area (Å²) in [7, 11) is 0. The highest BCUT2D eigenvalue weighted by Crippen LogP contribution is 2.16. The monoisotopic (exact) mass is 223 g/mol. The third-order valence-electron chi connectivity index (χ3n) is 1.88. The Kier molecular flexibility index (Phi) is 2.87. The van der Waals surface area contributed by atoms with E-state index in [4.69, 9.17) is 16.0 Å². The van der Waals surface area contributed by atoms with Gasteiger partial charge < -0.3 is 9.73 Å². The number of alkyl halides is 1. The number of benzene rings is 1. The highest BCUT2D eigenvalue weighted by atomic mass is 35.5. The molecule has 0 fully saturated rings. The maximum atomic E-state index is 5.54. The van der Waals surface area contributed by atoms with E-state index in [1.807, 2.05) is 31.2 Å². The minimum Gasteiger partial charge on any atom is -0.407 e. The first-order chi connectivity index (χ1) is 7.28. The van der Waals surface area contributed by atoms with Crippen LogP contribution in [0.15, 0.2) is 28.7 Å². The van der Waals surface area contributed by atoms with Crippen LogP contribution < -0.4 is 5.32 Å². The smallest absolute Gasteiger partial charge is 0.320 e. The molecule has 0 atom stereocenters. The first-order valence-electron chi connectivity index (χ1n) is 4.50. The van der Waals surface area contributed by atoms with E-state index in [0.717, 1.165) is 5.69 Å². The molecule has 1 N–H and O–H groups in total. The Balaban J connectivity index is 2.11. The fourth-order valence-corrected chi connectivity index (χ4v) is 1.23. The highest BCUT2D eigenvalue weighted by Gasteiger charge is 2.04. The quantitative estimate of drug-likeness (QED) is 0.813. The summed E-state index contributed by atoms with van der Waals surface area (Å²) in [5.41, 5.74) is 2.11. The summed E-state index contributed by atoms with van der Waals surface area (Å²) in [6.45, 7) is 2.03. The lowest BCUT2D eigenvalue weighted by molar-refractivity contribution is 0.530. The van der Waals surface area contributed by atoms with E-state index in [0.29, 0.717) is 11.9 Å². The van der Waals surface area contributed by atoms with Gasteiger partial charge in [0.2, 0.25) is 5.89 Å². The van der Waals surface area contributed by atoms with Crippen molar-refractivity contribution in [3.63, 3.8) is 0 Å². The molecular formula is C10H10ClN3O. The number of nitrogens with zero attached hydrogens (tertiary/aromatic N) is 2. The van der Waals surface area contributed by atoms with E-state index in [9.17, 15) is 0 Å². The van der Waals surface area contributed by atoms with E-state index < -0.39 is 0 Å². The van der Waals surface area contributed by atoms with Crippen LogP contribution in [0.5, 0.6) is 0 Å². The first kappa shape index (κ1) is 9.98. The molecule has 1 aromatic heterocycles. The van der Waals surface area contributed by atoms with Crippen molar-refractivity contribution in [2.45, 2.75) is 12.8 Å². The Labute approximate surface area is 92.3 Å². The highest BCUT2D eigenvalue weighted by molar-refractivity contribution is 6.16. The van der Waals surface area contributed by atoms with Crippen molar-refractivity contribution in [3.05, 3.63) is 35.7 Å². The molecule has 0 radical (unpaired) electrons. The van der Waals surface area contributed by atoms with E-state index >= 15 is 0 Å². The molecular weight excluding hydrogens is 214 g/mol. The number of hydrogen-bond donors (Lipinski definition) is 1. The molecule has 4 nitrogen and oxygen atoms in total. The number of aromatic nitrogens is 2. The van der Waals surface area contributed by atoms with Gasteiger partial charge in [-0.15, -0.1) is 16.7 Å². The largest absolute Gasteiger partial charge is 0.407 e. The zero-order chi connectivity index (χ0) is 10.7. The molecule has 1 heterocycles. The fraction of sp³-hybridized carbons (Fsp3) is 0.200. The van der Waals surface area contributed by atoms with Crippen LogP contribution in [-0.4, -0.2) is 10.2 Å². The maximum absolute atomic E-state index is 5.54. The Bertz CT molecular complexity index is 438. The normalized spacial score (nSPS) is 10.3. The van der Waals surface area contributed by atoms with E-state index in [2.05, 4.69) is 15.5 Å². The van der Waals surface area contributed by atoms with Crippen molar-refractivity contribution in [2.75, 3.05) is 5.32 Å². The van der Waals surface area contributed by atoms with Gasteiger partial charge in [-0.2, -0.15) is 0 Å². The Morgan fingerprint density at radius 3 is 2.60 bits per heavy atom. The molecule has 0 saturated carbocycles. The van der Waals surface area contributed by atoms with Gasteiger partial charge in [0.25, 0.3) is 0 Å². The first-order valence-corrected chi connectivity index (χ1v) is 5.03. The molecule has 0 spiro atoms. The summed E-state index contributed by atoms with van der Waals surface area (Å²) < 4.78 is 5.20. The lowest BCUT2D eigenvalue weighted by atomic mass is 10.2. The van der Waals surface area contributed by atoms with Crippen LogP contribution in [0, 0.1) is 6.92 Å². The molecule has 0 aliphatic rings. The number of hydrogen-bond acceptors (Lipinski definition) is 4. The predicted octanol–water partition coefficient (Wildman–Crippen LogP) is 2.86. The van der Waals surface area contributed by atoms with Crippen LogP contribution in [0.3, 0.4) is 0 Å². The third kappa shape index (κ3) is 2.47. The van der Waals surface area contributed by atoms with Gasteiger partial charge in [0, 0.05) is 5.69 Å². The molecule has 2 aromatic rings. The Morgan fingerprint density at radius 2 is 2.00 bits per heavy atom. The summed E-state index contributed by atoms with van der Waals surface area (Å²) in [6.07, 6.45) is 0. The van der Waals surface area contributed by atoms with Crippen LogP contribution in [0.25, 0.3) is 0 Å². The van der Waals surface area contributed by atoms with Crippen molar-refractivity contribution in [1.29, 1.82) is 0 Å².